The molecule has 1 aliphatic carbocycles. The molecule has 2 heterocycles. The highest BCUT2D eigenvalue weighted by atomic mass is 19.1. The van der Waals surface area contributed by atoms with E-state index in [1.54, 1.807) is 24.8 Å². The highest BCUT2D eigenvalue weighted by Gasteiger charge is 2.40. The molecule has 0 unspecified atom stereocenters. The summed E-state index contributed by atoms with van der Waals surface area (Å²) in [7, 11) is 0. The summed E-state index contributed by atoms with van der Waals surface area (Å²) in [6.45, 7) is 1.45. The molecule has 1 aromatic carbocycles. The molecule has 1 saturated heterocycles. The van der Waals surface area contributed by atoms with E-state index in [0.29, 0.717) is 12.0 Å². The maximum atomic E-state index is 13.0. The summed E-state index contributed by atoms with van der Waals surface area (Å²) in [5.41, 5.74) is 1.09. The van der Waals surface area contributed by atoms with Crippen LogP contribution in [0, 0.1) is 5.82 Å². The molecule has 4 rings (SSSR count). The molecular formula is C17H20FN5O. The van der Waals surface area contributed by atoms with Gasteiger partial charge in [-0.3, -0.25) is 0 Å². The van der Waals surface area contributed by atoms with Gasteiger partial charge in [0, 0.05) is 25.0 Å². The molecule has 2 aliphatic rings. The van der Waals surface area contributed by atoms with E-state index in [2.05, 4.69) is 15.4 Å². The first-order chi connectivity index (χ1) is 11.7. The van der Waals surface area contributed by atoms with E-state index in [1.165, 1.54) is 12.1 Å². The Morgan fingerprint density at radius 3 is 2.62 bits per heavy atom. The number of amides is 2. The Labute approximate surface area is 139 Å². The predicted molar refractivity (Wildman–Crippen MR) is 85.9 cm³/mol. The third-order valence-electron chi connectivity index (χ3n) is 4.96. The van der Waals surface area contributed by atoms with Gasteiger partial charge < -0.3 is 10.2 Å². The molecule has 7 heteroatoms. The number of nitrogens with one attached hydrogen (secondary N) is 1. The second-order valence-electron chi connectivity index (χ2n) is 6.54. The van der Waals surface area contributed by atoms with Crippen LogP contribution in [0.5, 0.6) is 0 Å². The van der Waals surface area contributed by atoms with E-state index in [4.69, 9.17) is 0 Å². The number of halogens is 1. The van der Waals surface area contributed by atoms with E-state index < -0.39 is 0 Å². The molecule has 1 aromatic heterocycles. The highest BCUT2D eigenvalue weighted by Crippen LogP contribution is 2.40. The molecule has 2 fully saturated rings. The van der Waals surface area contributed by atoms with Crippen LogP contribution in [0.4, 0.5) is 9.18 Å². The van der Waals surface area contributed by atoms with Crippen LogP contribution in [0.1, 0.15) is 36.8 Å². The van der Waals surface area contributed by atoms with Crippen LogP contribution < -0.4 is 5.32 Å². The fourth-order valence-electron chi connectivity index (χ4n) is 3.42. The van der Waals surface area contributed by atoms with Crippen LogP contribution >= 0.6 is 0 Å². The zero-order valence-electron chi connectivity index (χ0n) is 13.3. The number of carbonyl (C=O) groups excluding carboxylic acids is 1. The maximum absolute atomic E-state index is 13.0. The molecular weight excluding hydrogens is 309 g/mol. The second kappa shape index (κ2) is 6.22. The van der Waals surface area contributed by atoms with Gasteiger partial charge in [-0.1, -0.05) is 12.1 Å². The zero-order chi connectivity index (χ0) is 16.5. The van der Waals surface area contributed by atoms with E-state index in [-0.39, 0.29) is 17.9 Å². The molecule has 2 amide bonds. The topological polar surface area (TPSA) is 63.1 Å². The van der Waals surface area contributed by atoms with Crippen molar-refractivity contribution in [1.82, 2.24) is 25.0 Å². The summed E-state index contributed by atoms with van der Waals surface area (Å²) in [4.78, 5) is 18.2. The van der Waals surface area contributed by atoms with E-state index in [9.17, 15) is 9.18 Å². The maximum Gasteiger partial charge on any atom is 0.317 e. The van der Waals surface area contributed by atoms with Crippen LogP contribution in [-0.2, 0) is 0 Å². The van der Waals surface area contributed by atoms with Crippen molar-refractivity contribution in [2.75, 3.05) is 13.1 Å². The number of hydrogen-bond donors (Lipinski definition) is 1. The predicted octanol–water partition coefficient (Wildman–Crippen LogP) is 2.32. The highest BCUT2D eigenvalue weighted by molar-refractivity contribution is 5.75. The van der Waals surface area contributed by atoms with Crippen molar-refractivity contribution in [3.05, 3.63) is 48.3 Å². The quantitative estimate of drug-likeness (QED) is 0.940. The first kappa shape index (κ1) is 15.1. The zero-order valence-corrected chi connectivity index (χ0v) is 13.3. The Bertz CT molecular complexity index is 694. The third kappa shape index (κ3) is 3.11. The SMILES string of the molecule is O=C(N[C@H]1C[C@@H]1c1ccc(F)cc1)N1CCC(n2cncn2)CC1. The fourth-order valence-corrected chi connectivity index (χ4v) is 3.42. The van der Waals surface area contributed by atoms with Crippen LogP contribution in [0.25, 0.3) is 0 Å². The summed E-state index contributed by atoms with van der Waals surface area (Å²) in [5.74, 6) is 0.0810. The monoisotopic (exact) mass is 329 g/mol. The summed E-state index contributed by atoms with van der Waals surface area (Å²) < 4.78 is 14.8. The Hall–Kier alpha value is -2.44. The van der Waals surface area contributed by atoms with Crippen molar-refractivity contribution in [2.45, 2.75) is 37.3 Å². The number of aromatic nitrogens is 3. The van der Waals surface area contributed by atoms with Crippen LogP contribution in [0.3, 0.4) is 0 Å². The molecule has 6 nitrogen and oxygen atoms in total. The minimum absolute atomic E-state index is 0.00153. The van der Waals surface area contributed by atoms with Crippen LogP contribution in [-0.4, -0.2) is 44.8 Å². The van der Waals surface area contributed by atoms with Gasteiger partial charge in [0.05, 0.1) is 6.04 Å². The van der Waals surface area contributed by atoms with Crippen molar-refractivity contribution < 1.29 is 9.18 Å². The lowest BCUT2D eigenvalue weighted by molar-refractivity contribution is 0.168. The number of carbonyl (C=O) groups is 1. The summed E-state index contributed by atoms with van der Waals surface area (Å²) in [6, 6.07) is 7.04. The van der Waals surface area contributed by atoms with Crippen molar-refractivity contribution in [3.8, 4) is 0 Å². The van der Waals surface area contributed by atoms with Gasteiger partial charge in [-0.25, -0.2) is 18.9 Å². The average molecular weight is 329 g/mol. The molecule has 24 heavy (non-hydrogen) atoms. The molecule has 1 N–H and O–H groups in total. The van der Waals surface area contributed by atoms with Gasteiger partial charge >= 0.3 is 6.03 Å². The fraction of sp³-hybridized carbons (Fsp3) is 0.471. The largest absolute Gasteiger partial charge is 0.335 e. The number of benzene rings is 1. The molecule has 2 aromatic rings. The summed E-state index contributed by atoms with van der Waals surface area (Å²) in [5, 5.41) is 7.27. The molecule has 2 atom stereocenters. The molecule has 0 spiro atoms. The van der Waals surface area contributed by atoms with Crippen LogP contribution in [0.15, 0.2) is 36.9 Å². The van der Waals surface area contributed by atoms with Gasteiger partial charge in [-0.2, -0.15) is 5.10 Å². The van der Waals surface area contributed by atoms with Gasteiger partial charge in [0.1, 0.15) is 18.5 Å². The Morgan fingerprint density at radius 1 is 1.21 bits per heavy atom. The van der Waals surface area contributed by atoms with Gasteiger partial charge in [0.2, 0.25) is 0 Å². The second-order valence-corrected chi connectivity index (χ2v) is 6.54. The Kier molecular flexibility index (Phi) is 3.92. The first-order valence-electron chi connectivity index (χ1n) is 8.36. The number of piperidine rings is 1. The Morgan fingerprint density at radius 2 is 1.96 bits per heavy atom. The van der Waals surface area contributed by atoms with E-state index in [0.717, 1.165) is 37.9 Å². The van der Waals surface area contributed by atoms with Gasteiger partial charge in [-0.05, 0) is 37.0 Å². The van der Waals surface area contributed by atoms with Gasteiger partial charge in [-0.15, -0.1) is 0 Å². The standard InChI is InChI=1S/C17H20FN5O/c18-13-3-1-12(2-4-13)15-9-16(15)21-17(24)22-7-5-14(6-8-22)23-11-19-10-20-23/h1-4,10-11,14-16H,5-9H2,(H,21,24)/t15-,16+/m1/s1. The van der Waals surface area contributed by atoms with Crippen molar-refractivity contribution >= 4 is 6.03 Å². The number of urea groups is 1. The van der Waals surface area contributed by atoms with E-state index >= 15 is 0 Å². The summed E-state index contributed by atoms with van der Waals surface area (Å²) >= 11 is 0. The van der Waals surface area contributed by atoms with Crippen molar-refractivity contribution in [1.29, 1.82) is 0 Å². The van der Waals surface area contributed by atoms with Crippen molar-refractivity contribution in [3.63, 3.8) is 0 Å². The number of nitrogens with zero attached hydrogens (tertiary/aromatic N) is 4. The van der Waals surface area contributed by atoms with Crippen molar-refractivity contribution in [2.24, 2.45) is 0 Å². The lowest BCUT2D eigenvalue weighted by Crippen LogP contribution is -2.45. The van der Waals surface area contributed by atoms with Crippen LogP contribution in [0.2, 0.25) is 0 Å². The minimum atomic E-state index is -0.227. The molecule has 0 radical (unpaired) electrons. The normalized spacial score (nSPS) is 24.0. The Balaban J connectivity index is 1.27. The smallest absolute Gasteiger partial charge is 0.317 e. The number of hydrogen-bond acceptors (Lipinski definition) is 3. The number of rotatable bonds is 3. The van der Waals surface area contributed by atoms with E-state index in [1.807, 2.05) is 9.58 Å². The average Bonchev–Trinajstić information content (AvgIpc) is 3.15. The summed E-state index contributed by atoms with van der Waals surface area (Å²) in [6.07, 6.45) is 5.98. The van der Waals surface area contributed by atoms with Gasteiger partial charge in [0.15, 0.2) is 0 Å². The van der Waals surface area contributed by atoms with Gasteiger partial charge in [0.25, 0.3) is 0 Å². The lowest BCUT2D eigenvalue weighted by atomic mass is 10.1. The number of likely N-dealkylation sites (tertiary alicyclic amines) is 1. The first-order valence-corrected chi connectivity index (χ1v) is 8.36. The lowest BCUT2D eigenvalue weighted by Gasteiger charge is -2.32. The minimum Gasteiger partial charge on any atom is -0.335 e. The molecule has 1 saturated carbocycles. The third-order valence-corrected chi connectivity index (χ3v) is 4.96. The molecule has 0 bridgehead atoms. The molecule has 126 valence electrons. The molecule has 1 aliphatic heterocycles.